The first kappa shape index (κ1) is 12.5. The Bertz CT molecular complexity index is 581. The molecule has 2 aromatic rings. The van der Waals surface area contributed by atoms with Crippen LogP contribution in [0, 0.1) is 5.92 Å². The van der Waals surface area contributed by atoms with Gasteiger partial charge in [-0.25, -0.2) is 4.98 Å². The Kier molecular flexibility index (Phi) is 3.47. The number of aromatic nitrogens is 1. The lowest BCUT2D eigenvalue weighted by Crippen LogP contribution is -2.30. The normalized spacial score (nSPS) is 22.0. The molecule has 1 aromatic heterocycles. The summed E-state index contributed by atoms with van der Waals surface area (Å²) < 4.78 is 5.38. The third-order valence-electron chi connectivity index (χ3n) is 3.72. The van der Waals surface area contributed by atoms with Crippen molar-refractivity contribution in [3.8, 4) is 5.75 Å². The molecule has 1 N–H and O–H groups in total. The van der Waals surface area contributed by atoms with E-state index in [-0.39, 0.29) is 0 Å². The van der Waals surface area contributed by atoms with E-state index in [1.54, 1.807) is 7.11 Å². The van der Waals surface area contributed by atoms with Gasteiger partial charge in [-0.15, -0.1) is 11.6 Å². The molecule has 0 bridgehead atoms. The molecule has 3 nitrogen and oxygen atoms in total. The van der Waals surface area contributed by atoms with Gasteiger partial charge in [-0.3, -0.25) is 0 Å². The van der Waals surface area contributed by atoms with E-state index in [2.05, 4.69) is 16.4 Å². The first-order valence-corrected chi connectivity index (χ1v) is 7.01. The number of methoxy groups -OCH3 is 1. The highest BCUT2D eigenvalue weighted by molar-refractivity contribution is 6.21. The fourth-order valence-corrected chi connectivity index (χ4v) is 3.06. The Labute approximate surface area is 117 Å². The Hall–Kier alpha value is -1.48. The Morgan fingerprint density at radius 3 is 2.89 bits per heavy atom. The van der Waals surface area contributed by atoms with Crippen LogP contribution in [0.25, 0.3) is 10.8 Å². The first-order valence-electron chi connectivity index (χ1n) is 6.57. The second-order valence-corrected chi connectivity index (χ2v) is 5.65. The van der Waals surface area contributed by atoms with Crippen LogP contribution in [0.3, 0.4) is 0 Å². The molecule has 0 unspecified atom stereocenters. The number of halogens is 1. The van der Waals surface area contributed by atoms with E-state index in [4.69, 9.17) is 16.3 Å². The molecule has 1 aliphatic rings. The molecule has 0 saturated heterocycles. The number of pyridine rings is 1. The molecule has 100 valence electrons. The number of anilines is 1. The minimum absolute atomic E-state index is 0.368. The van der Waals surface area contributed by atoms with Gasteiger partial charge in [-0.05, 0) is 30.9 Å². The Morgan fingerprint density at radius 1 is 1.32 bits per heavy atom. The van der Waals surface area contributed by atoms with Crippen molar-refractivity contribution in [3.05, 3.63) is 30.5 Å². The molecule has 3 rings (SSSR count). The molecule has 0 spiro atoms. The Balaban J connectivity index is 1.83. The van der Waals surface area contributed by atoms with Crippen LogP contribution in [-0.4, -0.2) is 24.0 Å². The van der Waals surface area contributed by atoms with Crippen molar-refractivity contribution in [2.75, 3.05) is 19.0 Å². The highest BCUT2D eigenvalue weighted by atomic mass is 35.5. The second kappa shape index (κ2) is 5.25. The highest BCUT2D eigenvalue weighted by Crippen LogP contribution is 2.33. The van der Waals surface area contributed by atoms with Gasteiger partial charge in [-0.1, -0.05) is 12.1 Å². The standard InChI is InChI=1S/C15H17ClN2O/c1-19-14-4-2-3-13-12(14)5-6-17-15(13)18-9-10-7-11(16)8-10/h2-6,10-11H,7-9H2,1H3,(H,17,18). The molecule has 4 heteroatoms. The van der Waals surface area contributed by atoms with Crippen molar-refractivity contribution < 1.29 is 4.74 Å². The number of nitrogens with one attached hydrogen (secondary N) is 1. The van der Waals surface area contributed by atoms with Crippen LogP contribution < -0.4 is 10.1 Å². The maximum atomic E-state index is 6.00. The van der Waals surface area contributed by atoms with E-state index in [1.165, 1.54) is 0 Å². The quantitative estimate of drug-likeness (QED) is 0.865. The van der Waals surface area contributed by atoms with Crippen LogP contribution >= 0.6 is 11.6 Å². The lowest BCUT2D eigenvalue weighted by Gasteiger charge is -2.31. The molecule has 19 heavy (non-hydrogen) atoms. The maximum absolute atomic E-state index is 6.00. The van der Waals surface area contributed by atoms with Crippen molar-refractivity contribution >= 4 is 28.2 Å². The summed E-state index contributed by atoms with van der Waals surface area (Å²) in [6.07, 6.45) is 4.02. The zero-order valence-corrected chi connectivity index (χ0v) is 11.7. The van der Waals surface area contributed by atoms with Crippen molar-refractivity contribution in [2.45, 2.75) is 18.2 Å². The third-order valence-corrected chi connectivity index (χ3v) is 4.08. The summed E-state index contributed by atoms with van der Waals surface area (Å²) in [5.41, 5.74) is 0. The number of fused-ring (bicyclic) bond motifs is 1. The number of benzene rings is 1. The zero-order valence-electron chi connectivity index (χ0n) is 10.9. The Morgan fingerprint density at radius 2 is 2.16 bits per heavy atom. The number of ether oxygens (including phenoxy) is 1. The minimum Gasteiger partial charge on any atom is -0.496 e. The van der Waals surface area contributed by atoms with Crippen LogP contribution in [0.1, 0.15) is 12.8 Å². The van der Waals surface area contributed by atoms with Crippen molar-refractivity contribution in [2.24, 2.45) is 5.92 Å². The van der Waals surface area contributed by atoms with Gasteiger partial charge in [0.1, 0.15) is 11.6 Å². The first-order chi connectivity index (χ1) is 9.28. The molecular formula is C15H17ClN2O. The fraction of sp³-hybridized carbons (Fsp3) is 0.400. The topological polar surface area (TPSA) is 34.1 Å². The summed E-state index contributed by atoms with van der Waals surface area (Å²) in [6, 6.07) is 8.01. The molecular weight excluding hydrogens is 260 g/mol. The smallest absolute Gasteiger partial charge is 0.133 e. The van der Waals surface area contributed by atoms with Crippen molar-refractivity contribution in [1.82, 2.24) is 4.98 Å². The van der Waals surface area contributed by atoms with Crippen LogP contribution in [-0.2, 0) is 0 Å². The lowest BCUT2D eigenvalue weighted by molar-refractivity contribution is 0.341. The van der Waals surface area contributed by atoms with Gasteiger partial charge in [0, 0.05) is 28.9 Å². The summed E-state index contributed by atoms with van der Waals surface area (Å²) in [5, 5.41) is 5.99. The number of hydrogen-bond acceptors (Lipinski definition) is 3. The predicted molar refractivity (Wildman–Crippen MR) is 79.1 cm³/mol. The highest BCUT2D eigenvalue weighted by Gasteiger charge is 2.26. The van der Waals surface area contributed by atoms with Gasteiger partial charge >= 0.3 is 0 Å². The van der Waals surface area contributed by atoms with Crippen LogP contribution in [0.2, 0.25) is 0 Å². The van der Waals surface area contributed by atoms with Gasteiger partial charge in [0.05, 0.1) is 7.11 Å². The molecule has 1 aliphatic carbocycles. The predicted octanol–water partition coefficient (Wildman–Crippen LogP) is 3.67. The van der Waals surface area contributed by atoms with Gasteiger partial charge < -0.3 is 10.1 Å². The minimum atomic E-state index is 0.368. The summed E-state index contributed by atoms with van der Waals surface area (Å²) >= 11 is 6.00. The molecule has 0 radical (unpaired) electrons. The third kappa shape index (κ3) is 2.47. The summed E-state index contributed by atoms with van der Waals surface area (Å²) in [7, 11) is 1.69. The summed E-state index contributed by atoms with van der Waals surface area (Å²) in [4.78, 5) is 4.43. The number of rotatable bonds is 4. The molecule has 0 amide bonds. The summed E-state index contributed by atoms with van der Waals surface area (Å²) in [6.45, 7) is 0.937. The van der Waals surface area contributed by atoms with E-state index >= 15 is 0 Å². The van der Waals surface area contributed by atoms with E-state index in [0.29, 0.717) is 11.3 Å². The molecule has 0 aliphatic heterocycles. The zero-order chi connectivity index (χ0) is 13.2. The number of alkyl halides is 1. The average Bonchev–Trinajstić information content (AvgIpc) is 2.41. The van der Waals surface area contributed by atoms with Crippen molar-refractivity contribution in [1.29, 1.82) is 0 Å². The fourth-order valence-electron chi connectivity index (χ4n) is 2.56. The van der Waals surface area contributed by atoms with Crippen LogP contribution in [0.15, 0.2) is 30.5 Å². The molecule has 1 fully saturated rings. The average molecular weight is 277 g/mol. The van der Waals surface area contributed by atoms with Gasteiger partial charge in [0.2, 0.25) is 0 Å². The van der Waals surface area contributed by atoms with Crippen LogP contribution in [0.4, 0.5) is 5.82 Å². The molecule has 1 heterocycles. The maximum Gasteiger partial charge on any atom is 0.133 e. The number of hydrogen-bond donors (Lipinski definition) is 1. The van der Waals surface area contributed by atoms with Crippen molar-refractivity contribution in [3.63, 3.8) is 0 Å². The van der Waals surface area contributed by atoms with Gasteiger partial charge in [0.15, 0.2) is 0 Å². The van der Waals surface area contributed by atoms with Gasteiger partial charge in [-0.2, -0.15) is 0 Å². The van der Waals surface area contributed by atoms with E-state index in [9.17, 15) is 0 Å². The SMILES string of the molecule is COc1cccc2c(NCC3CC(Cl)C3)nccc12. The van der Waals surface area contributed by atoms with Crippen LogP contribution in [0.5, 0.6) is 5.75 Å². The van der Waals surface area contributed by atoms with E-state index < -0.39 is 0 Å². The van der Waals surface area contributed by atoms with E-state index in [1.807, 2.05) is 24.4 Å². The molecule has 1 aromatic carbocycles. The largest absolute Gasteiger partial charge is 0.496 e. The van der Waals surface area contributed by atoms with Gasteiger partial charge in [0.25, 0.3) is 0 Å². The molecule has 0 atom stereocenters. The second-order valence-electron chi connectivity index (χ2n) is 5.03. The monoisotopic (exact) mass is 276 g/mol. The lowest BCUT2D eigenvalue weighted by atomic mass is 9.85. The van der Waals surface area contributed by atoms with E-state index in [0.717, 1.165) is 41.7 Å². The molecule has 1 saturated carbocycles. The number of nitrogens with zero attached hydrogens (tertiary/aromatic N) is 1. The summed E-state index contributed by atoms with van der Waals surface area (Å²) in [5.74, 6) is 2.48.